The van der Waals surface area contributed by atoms with E-state index in [0.717, 1.165) is 57.7 Å². The molecule has 1 aromatic rings. The van der Waals surface area contributed by atoms with Crippen LogP contribution in [-0.4, -0.2) is 46.2 Å². The average molecular weight is 337 g/mol. The molecule has 0 amide bonds. The van der Waals surface area contributed by atoms with Crippen molar-refractivity contribution in [2.24, 2.45) is 0 Å². The molecule has 24 heavy (non-hydrogen) atoms. The summed E-state index contributed by atoms with van der Waals surface area (Å²) in [6, 6.07) is 4.47. The van der Waals surface area contributed by atoms with Crippen molar-refractivity contribution < 1.29 is 14.4 Å². The van der Waals surface area contributed by atoms with Crippen LogP contribution in [0.5, 0.6) is 0 Å². The van der Waals surface area contributed by atoms with Crippen LogP contribution in [0.1, 0.15) is 38.5 Å². The van der Waals surface area contributed by atoms with Gasteiger partial charge in [0.2, 0.25) is 5.82 Å². The van der Waals surface area contributed by atoms with E-state index in [1.807, 2.05) is 0 Å². The largest absolute Gasteiger partial charge is 0.391 e. The Hall–Kier alpha value is -1.73. The number of aliphatic hydroxyl groups excluding tert-OH is 1. The standard InChI is InChI=1S/C17H24FN3O3/c18-13-4-3-5-14(17(13)21(23)24)19-12-8-10-20(11-9-12)15-6-1-2-7-16(15)22/h3-5,12,15-16,19,22H,1-2,6-11H2. The molecule has 2 aliphatic rings. The highest BCUT2D eigenvalue weighted by molar-refractivity contribution is 5.62. The molecule has 1 aliphatic carbocycles. The molecule has 2 atom stereocenters. The lowest BCUT2D eigenvalue weighted by molar-refractivity contribution is -0.386. The van der Waals surface area contributed by atoms with E-state index in [2.05, 4.69) is 10.2 Å². The fourth-order valence-electron chi connectivity index (χ4n) is 3.93. The van der Waals surface area contributed by atoms with Crippen LogP contribution in [0.2, 0.25) is 0 Å². The van der Waals surface area contributed by atoms with Crippen molar-refractivity contribution in [3.05, 3.63) is 34.1 Å². The highest BCUT2D eigenvalue weighted by Gasteiger charge is 2.32. The summed E-state index contributed by atoms with van der Waals surface area (Å²) in [5, 5.41) is 24.4. The Morgan fingerprint density at radius 1 is 1.21 bits per heavy atom. The molecule has 1 aromatic carbocycles. The number of hydrogen-bond acceptors (Lipinski definition) is 5. The van der Waals surface area contributed by atoms with Crippen molar-refractivity contribution in [3.63, 3.8) is 0 Å². The van der Waals surface area contributed by atoms with E-state index < -0.39 is 16.4 Å². The van der Waals surface area contributed by atoms with E-state index in [1.165, 1.54) is 6.07 Å². The van der Waals surface area contributed by atoms with Gasteiger partial charge in [-0.2, -0.15) is 4.39 Å². The maximum absolute atomic E-state index is 13.7. The Labute approximate surface area is 140 Å². The van der Waals surface area contributed by atoms with Gasteiger partial charge in [-0.25, -0.2) is 0 Å². The number of piperidine rings is 1. The Kier molecular flexibility index (Phi) is 5.30. The van der Waals surface area contributed by atoms with Gasteiger partial charge in [0.25, 0.3) is 0 Å². The second kappa shape index (κ2) is 7.44. The molecule has 0 aromatic heterocycles. The van der Waals surface area contributed by atoms with Gasteiger partial charge in [0, 0.05) is 25.2 Å². The Morgan fingerprint density at radius 2 is 1.92 bits per heavy atom. The molecule has 6 nitrogen and oxygen atoms in total. The van der Waals surface area contributed by atoms with E-state index in [0.29, 0.717) is 0 Å². The summed E-state index contributed by atoms with van der Waals surface area (Å²) < 4.78 is 13.7. The predicted octanol–water partition coefficient (Wildman–Crippen LogP) is 2.91. The van der Waals surface area contributed by atoms with Crippen LogP contribution in [0.25, 0.3) is 0 Å². The Balaban J connectivity index is 1.60. The number of hydrogen-bond donors (Lipinski definition) is 2. The number of likely N-dealkylation sites (tertiary alicyclic amines) is 1. The number of anilines is 1. The van der Waals surface area contributed by atoms with Crippen molar-refractivity contribution in [1.29, 1.82) is 0 Å². The molecule has 1 saturated heterocycles. The SMILES string of the molecule is O=[N+]([O-])c1c(F)cccc1NC1CCN(C2CCCCC2O)CC1. The molecule has 1 aliphatic heterocycles. The zero-order valence-electron chi connectivity index (χ0n) is 13.7. The van der Waals surface area contributed by atoms with E-state index in [1.54, 1.807) is 6.07 Å². The highest BCUT2D eigenvalue weighted by atomic mass is 19.1. The maximum Gasteiger partial charge on any atom is 0.327 e. The minimum absolute atomic E-state index is 0.0856. The topological polar surface area (TPSA) is 78.6 Å². The number of nitrogens with zero attached hydrogens (tertiary/aromatic N) is 2. The molecule has 7 heteroatoms. The van der Waals surface area contributed by atoms with Gasteiger partial charge < -0.3 is 10.4 Å². The van der Waals surface area contributed by atoms with Crippen molar-refractivity contribution in [1.82, 2.24) is 4.90 Å². The number of nitro groups is 1. The van der Waals surface area contributed by atoms with Gasteiger partial charge in [0.15, 0.2) is 0 Å². The first-order chi connectivity index (χ1) is 11.6. The number of aliphatic hydroxyl groups is 1. The Morgan fingerprint density at radius 3 is 2.58 bits per heavy atom. The van der Waals surface area contributed by atoms with E-state index in [4.69, 9.17) is 0 Å². The summed E-state index contributed by atoms with van der Waals surface area (Å²) in [5.41, 5.74) is -0.237. The van der Waals surface area contributed by atoms with Crippen molar-refractivity contribution in [2.75, 3.05) is 18.4 Å². The zero-order chi connectivity index (χ0) is 17.1. The van der Waals surface area contributed by atoms with Crippen LogP contribution >= 0.6 is 0 Å². The van der Waals surface area contributed by atoms with Crippen LogP contribution < -0.4 is 5.32 Å². The van der Waals surface area contributed by atoms with Crippen LogP contribution in [0.15, 0.2) is 18.2 Å². The van der Waals surface area contributed by atoms with Gasteiger partial charge in [-0.1, -0.05) is 18.9 Å². The smallest absolute Gasteiger partial charge is 0.327 e. The first kappa shape index (κ1) is 17.1. The molecular formula is C17H24FN3O3. The van der Waals surface area contributed by atoms with Crippen molar-refractivity contribution in [2.45, 2.75) is 56.7 Å². The first-order valence-electron chi connectivity index (χ1n) is 8.68. The molecule has 2 fully saturated rings. The molecule has 2 N–H and O–H groups in total. The predicted molar refractivity (Wildman–Crippen MR) is 89.5 cm³/mol. The molecule has 1 saturated carbocycles. The molecule has 0 bridgehead atoms. The molecule has 3 rings (SSSR count). The summed E-state index contributed by atoms with van der Waals surface area (Å²) in [5.74, 6) is -0.812. The quantitative estimate of drug-likeness (QED) is 0.652. The second-order valence-corrected chi connectivity index (χ2v) is 6.77. The summed E-state index contributed by atoms with van der Waals surface area (Å²) in [6.45, 7) is 1.70. The number of nitro benzene ring substituents is 1. The minimum Gasteiger partial charge on any atom is -0.391 e. The summed E-state index contributed by atoms with van der Waals surface area (Å²) in [6.07, 6.45) is 5.59. The van der Waals surface area contributed by atoms with Crippen LogP contribution in [-0.2, 0) is 0 Å². The molecular weight excluding hydrogens is 313 g/mol. The van der Waals surface area contributed by atoms with Crippen molar-refractivity contribution in [3.8, 4) is 0 Å². The van der Waals surface area contributed by atoms with Gasteiger partial charge >= 0.3 is 5.69 Å². The summed E-state index contributed by atoms with van der Waals surface area (Å²) >= 11 is 0. The third-order valence-corrected chi connectivity index (χ3v) is 5.22. The third-order valence-electron chi connectivity index (χ3n) is 5.22. The number of rotatable bonds is 4. The fourth-order valence-corrected chi connectivity index (χ4v) is 3.93. The van der Waals surface area contributed by atoms with Gasteiger partial charge in [-0.15, -0.1) is 0 Å². The maximum atomic E-state index is 13.7. The number of para-hydroxylation sites is 1. The van der Waals surface area contributed by atoms with E-state index in [-0.39, 0.29) is 23.9 Å². The monoisotopic (exact) mass is 337 g/mol. The second-order valence-electron chi connectivity index (χ2n) is 6.77. The van der Waals surface area contributed by atoms with E-state index in [9.17, 15) is 19.6 Å². The van der Waals surface area contributed by atoms with Gasteiger partial charge in [0.05, 0.1) is 11.0 Å². The number of nitrogens with one attached hydrogen (secondary N) is 1. The van der Waals surface area contributed by atoms with Gasteiger partial charge in [-0.3, -0.25) is 15.0 Å². The molecule has 2 unspecified atom stereocenters. The molecule has 0 spiro atoms. The normalized spacial score (nSPS) is 26.2. The lowest BCUT2D eigenvalue weighted by Gasteiger charge is -2.41. The van der Waals surface area contributed by atoms with E-state index >= 15 is 0 Å². The van der Waals surface area contributed by atoms with Crippen LogP contribution in [0.4, 0.5) is 15.8 Å². The average Bonchev–Trinajstić information content (AvgIpc) is 2.56. The van der Waals surface area contributed by atoms with Gasteiger partial charge in [-0.05, 0) is 37.8 Å². The fraction of sp³-hybridized carbons (Fsp3) is 0.647. The molecule has 0 radical (unpaired) electrons. The first-order valence-corrected chi connectivity index (χ1v) is 8.68. The lowest BCUT2D eigenvalue weighted by atomic mass is 9.89. The third kappa shape index (κ3) is 3.67. The summed E-state index contributed by atoms with van der Waals surface area (Å²) in [4.78, 5) is 12.7. The van der Waals surface area contributed by atoms with Crippen molar-refractivity contribution >= 4 is 11.4 Å². The van der Waals surface area contributed by atoms with Crippen LogP contribution in [0, 0.1) is 15.9 Å². The lowest BCUT2D eigenvalue weighted by Crippen LogP contribution is -2.50. The van der Waals surface area contributed by atoms with Gasteiger partial charge in [0.1, 0.15) is 5.69 Å². The number of halogens is 1. The molecule has 1 heterocycles. The number of benzene rings is 1. The Bertz CT molecular complexity index is 590. The highest BCUT2D eigenvalue weighted by Crippen LogP contribution is 2.30. The zero-order valence-corrected chi connectivity index (χ0v) is 13.7. The van der Waals surface area contributed by atoms with Crippen LogP contribution in [0.3, 0.4) is 0 Å². The molecule has 132 valence electrons. The minimum atomic E-state index is -0.812. The summed E-state index contributed by atoms with van der Waals surface area (Å²) in [7, 11) is 0.